The zero-order valence-corrected chi connectivity index (χ0v) is 18.5. The number of rotatable bonds is 6. The number of nitrogens with zero attached hydrogens (tertiary/aromatic N) is 4. The lowest BCUT2D eigenvalue weighted by atomic mass is 10.1. The number of piperazine rings is 1. The number of sulfonamides is 1. The minimum absolute atomic E-state index is 0.338. The summed E-state index contributed by atoms with van der Waals surface area (Å²) in [6.07, 6.45) is 0. The molecule has 0 amide bonds. The van der Waals surface area contributed by atoms with Crippen molar-refractivity contribution in [1.82, 2.24) is 14.3 Å². The van der Waals surface area contributed by atoms with Crippen LogP contribution >= 0.6 is 0 Å². The van der Waals surface area contributed by atoms with E-state index < -0.39 is 10.0 Å². The largest absolute Gasteiger partial charge is 0.496 e. The summed E-state index contributed by atoms with van der Waals surface area (Å²) in [6.45, 7) is 10.3. The topological polar surface area (TPSA) is 87.7 Å². The number of ether oxygens (including phenoxy) is 1. The Bertz CT molecular complexity index is 986. The van der Waals surface area contributed by atoms with Crippen LogP contribution in [0.15, 0.2) is 23.1 Å². The highest BCUT2D eigenvalue weighted by atomic mass is 32.2. The SMILES string of the molecule is CCNc1cc(C)nc(N2CCN(S(=O)(=O)c3cc(C)c(OC)cc3C)CC2)n1. The third-order valence-corrected chi connectivity index (χ3v) is 7.07. The Hall–Kier alpha value is -2.39. The molecule has 1 aromatic carbocycles. The molecule has 1 N–H and O–H groups in total. The van der Waals surface area contributed by atoms with E-state index in [-0.39, 0.29) is 0 Å². The Kier molecular flexibility index (Phi) is 6.28. The molecule has 1 aliphatic heterocycles. The number of anilines is 2. The van der Waals surface area contributed by atoms with Crippen molar-refractivity contribution in [2.24, 2.45) is 0 Å². The Morgan fingerprint density at radius 1 is 1.03 bits per heavy atom. The van der Waals surface area contributed by atoms with Crippen LogP contribution in [0.2, 0.25) is 0 Å². The summed E-state index contributed by atoms with van der Waals surface area (Å²) in [7, 11) is -1.99. The second kappa shape index (κ2) is 8.54. The molecule has 2 heterocycles. The van der Waals surface area contributed by atoms with E-state index >= 15 is 0 Å². The van der Waals surface area contributed by atoms with Crippen LogP contribution in [0.3, 0.4) is 0 Å². The maximum absolute atomic E-state index is 13.2. The van der Waals surface area contributed by atoms with Gasteiger partial charge in [-0.2, -0.15) is 9.29 Å². The van der Waals surface area contributed by atoms with E-state index in [1.165, 1.54) is 0 Å². The molecule has 1 fully saturated rings. The maximum Gasteiger partial charge on any atom is 0.243 e. The van der Waals surface area contributed by atoms with Gasteiger partial charge in [-0.1, -0.05) is 0 Å². The second-order valence-electron chi connectivity index (χ2n) is 7.20. The third-order valence-electron chi connectivity index (χ3n) is 5.03. The van der Waals surface area contributed by atoms with Gasteiger partial charge in [0.25, 0.3) is 0 Å². The number of methoxy groups -OCH3 is 1. The summed E-state index contributed by atoms with van der Waals surface area (Å²) in [6, 6.07) is 5.38. The first-order valence-electron chi connectivity index (χ1n) is 9.76. The van der Waals surface area contributed by atoms with Gasteiger partial charge in [-0.3, -0.25) is 0 Å². The van der Waals surface area contributed by atoms with Crippen LogP contribution < -0.4 is 15.0 Å². The van der Waals surface area contributed by atoms with Gasteiger partial charge < -0.3 is 15.0 Å². The van der Waals surface area contributed by atoms with Crippen LogP contribution in [0.25, 0.3) is 0 Å². The number of benzene rings is 1. The summed E-state index contributed by atoms with van der Waals surface area (Å²) in [5, 5.41) is 3.21. The zero-order valence-electron chi connectivity index (χ0n) is 17.7. The van der Waals surface area contributed by atoms with E-state index in [0.717, 1.165) is 23.6 Å². The lowest BCUT2D eigenvalue weighted by molar-refractivity contribution is 0.382. The van der Waals surface area contributed by atoms with E-state index in [0.29, 0.717) is 48.3 Å². The molecule has 2 aromatic rings. The molecular weight excluding hydrogens is 390 g/mol. The zero-order chi connectivity index (χ0) is 21.2. The Morgan fingerprint density at radius 2 is 1.72 bits per heavy atom. The molecule has 0 unspecified atom stereocenters. The Morgan fingerprint density at radius 3 is 2.34 bits per heavy atom. The van der Waals surface area contributed by atoms with E-state index in [4.69, 9.17) is 4.74 Å². The van der Waals surface area contributed by atoms with E-state index in [9.17, 15) is 8.42 Å². The normalized spacial score (nSPS) is 15.4. The summed E-state index contributed by atoms with van der Waals surface area (Å²) < 4.78 is 33.3. The quantitative estimate of drug-likeness (QED) is 0.769. The molecule has 1 aromatic heterocycles. The predicted molar refractivity (Wildman–Crippen MR) is 114 cm³/mol. The van der Waals surface area contributed by atoms with Crippen molar-refractivity contribution >= 4 is 21.8 Å². The van der Waals surface area contributed by atoms with Crippen molar-refractivity contribution < 1.29 is 13.2 Å². The molecule has 158 valence electrons. The molecule has 8 nitrogen and oxygen atoms in total. The van der Waals surface area contributed by atoms with Gasteiger partial charge in [0.1, 0.15) is 11.6 Å². The van der Waals surface area contributed by atoms with Crippen LogP contribution in [0, 0.1) is 20.8 Å². The fourth-order valence-electron chi connectivity index (χ4n) is 3.49. The van der Waals surface area contributed by atoms with Crippen molar-refractivity contribution in [3.63, 3.8) is 0 Å². The summed E-state index contributed by atoms with van der Waals surface area (Å²) in [5.74, 6) is 2.11. The van der Waals surface area contributed by atoms with E-state index in [1.807, 2.05) is 31.7 Å². The van der Waals surface area contributed by atoms with Gasteiger partial charge in [0.2, 0.25) is 16.0 Å². The molecule has 0 spiro atoms. The lowest BCUT2D eigenvalue weighted by Gasteiger charge is -2.34. The summed E-state index contributed by atoms with van der Waals surface area (Å²) >= 11 is 0. The molecule has 1 saturated heterocycles. The fourth-order valence-corrected chi connectivity index (χ4v) is 5.21. The van der Waals surface area contributed by atoms with Gasteiger partial charge in [-0.15, -0.1) is 0 Å². The highest BCUT2D eigenvalue weighted by Crippen LogP contribution is 2.28. The minimum atomic E-state index is -3.57. The van der Waals surface area contributed by atoms with E-state index in [1.54, 1.807) is 30.5 Å². The number of hydrogen-bond acceptors (Lipinski definition) is 7. The molecule has 0 aliphatic carbocycles. The van der Waals surface area contributed by atoms with Crippen molar-refractivity contribution in [2.75, 3.05) is 50.1 Å². The monoisotopic (exact) mass is 419 g/mol. The number of nitrogens with one attached hydrogen (secondary N) is 1. The average Bonchev–Trinajstić information content (AvgIpc) is 2.69. The molecular formula is C20H29N5O3S. The standard InChI is InChI=1S/C20H29N5O3S/c1-6-21-19-13-16(4)22-20(23-19)24-7-9-25(10-8-24)29(26,27)18-12-14(2)17(28-5)11-15(18)3/h11-13H,6-10H2,1-5H3,(H,21,22,23). The number of aryl methyl sites for hydroxylation is 3. The average molecular weight is 420 g/mol. The van der Waals surface area contributed by atoms with Gasteiger partial charge >= 0.3 is 0 Å². The first kappa shape index (κ1) is 21.3. The molecule has 29 heavy (non-hydrogen) atoms. The van der Waals surface area contributed by atoms with E-state index in [2.05, 4.69) is 15.3 Å². The highest BCUT2D eigenvalue weighted by molar-refractivity contribution is 7.89. The molecule has 0 atom stereocenters. The van der Waals surface area contributed by atoms with Gasteiger partial charge in [0.05, 0.1) is 12.0 Å². The van der Waals surface area contributed by atoms with Crippen LogP contribution in [-0.4, -0.2) is 62.5 Å². The fraction of sp³-hybridized carbons (Fsp3) is 0.500. The van der Waals surface area contributed by atoms with Gasteiger partial charge in [-0.05, 0) is 51.0 Å². The predicted octanol–water partition coefficient (Wildman–Crippen LogP) is 2.35. The van der Waals surface area contributed by atoms with Crippen LogP contribution in [0.4, 0.5) is 11.8 Å². The summed E-state index contributed by atoms with van der Waals surface area (Å²) in [5.41, 5.74) is 2.37. The van der Waals surface area contributed by atoms with Crippen LogP contribution in [0.1, 0.15) is 23.7 Å². The molecule has 9 heteroatoms. The number of hydrogen-bond donors (Lipinski definition) is 1. The first-order valence-corrected chi connectivity index (χ1v) is 11.2. The molecule has 1 aliphatic rings. The molecule has 0 saturated carbocycles. The molecule has 3 rings (SSSR count). The van der Waals surface area contributed by atoms with Gasteiger partial charge in [0.15, 0.2) is 0 Å². The van der Waals surface area contributed by atoms with Gasteiger partial charge in [0, 0.05) is 44.5 Å². The third kappa shape index (κ3) is 4.45. The van der Waals surface area contributed by atoms with Crippen LogP contribution in [-0.2, 0) is 10.0 Å². The molecule has 0 bridgehead atoms. The van der Waals surface area contributed by atoms with Gasteiger partial charge in [-0.25, -0.2) is 13.4 Å². The lowest BCUT2D eigenvalue weighted by Crippen LogP contribution is -2.49. The smallest absolute Gasteiger partial charge is 0.243 e. The maximum atomic E-state index is 13.2. The highest BCUT2D eigenvalue weighted by Gasteiger charge is 2.31. The second-order valence-corrected chi connectivity index (χ2v) is 9.11. The van der Waals surface area contributed by atoms with Crippen molar-refractivity contribution in [1.29, 1.82) is 0 Å². The number of aromatic nitrogens is 2. The molecule has 0 radical (unpaired) electrons. The summed E-state index contributed by atoms with van der Waals surface area (Å²) in [4.78, 5) is 11.5. The minimum Gasteiger partial charge on any atom is -0.496 e. The van der Waals surface area contributed by atoms with Crippen molar-refractivity contribution in [2.45, 2.75) is 32.6 Å². The first-order chi connectivity index (χ1) is 13.8. The van der Waals surface area contributed by atoms with Crippen molar-refractivity contribution in [3.8, 4) is 5.75 Å². The Balaban J connectivity index is 1.78. The Labute approximate surface area is 173 Å². The van der Waals surface area contributed by atoms with Crippen LogP contribution in [0.5, 0.6) is 5.75 Å². The van der Waals surface area contributed by atoms with Crippen molar-refractivity contribution in [3.05, 3.63) is 35.0 Å².